The molecule has 2 amide bonds. The first-order valence-corrected chi connectivity index (χ1v) is 14.2. The SMILES string of the molecule is O=C(O[C@H](C(=O)c1ccccc1)c1ccc([N+](=O)[O-])cc1)c1ccc(N2C(=O)c3cccc(Oc4ccc(Cl)cc4)c3C2=O)cc1. The molecule has 0 N–H and O–H groups in total. The number of amides is 2. The highest BCUT2D eigenvalue weighted by atomic mass is 35.5. The molecule has 0 radical (unpaired) electrons. The van der Waals surface area contributed by atoms with Gasteiger partial charge in [-0.15, -0.1) is 0 Å². The molecule has 6 rings (SSSR count). The summed E-state index contributed by atoms with van der Waals surface area (Å²) in [6.07, 6.45) is -1.40. The van der Waals surface area contributed by atoms with Gasteiger partial charge < -0.3 is 9.47 Å². The van der Waals surface area contributed by atoms with Gasteiger partial charge in [0.05, 0.1) is 27.3 Å². The lowest BCUT2D eigenvalue weighted by Crippen LogP contribution is -2.29. The standard InChI is InChI=1S/C35H21ClN2O8/c36-24-13-19-27(20-14-24)45-29-8-4-7-28-30(29)34(41)37(33(28)40)25-15-11-23(12-16-25)35(42)46-32(31(39)21-5-2-1-3-6-21)22-9-17-26(18-10-22)38(43)44/h1-20,32H/t32-/m0/s1. The summed E-state index contributed by atoms with van der Waals surface area (Å²) in [5.41, 5.74) is 0.827. The maximum absolute atomic E-state index is 13.5. The number of esters is 1. The Bertz CT molecular complexity index is 1990. The van der Waals surface area contributed by atoms with E-state index in [2.05, 4.69) is 0 Å². The summed E-state index contributed by atoms with van der Waals surface area (Å²) in [5, 5.41) is 11.6. The van der Waals surface area contributed by atoms with Crippen LogP contribution in [0.15, 0.2) is 121 Å². The molecular weight excluding hydrogens is 612 g/mol. The Kier molecular flexibility index (Phi) is 8.11. The lowest BCUT2D eigenvalue weighted by atomic mass is 9.99. The zero-order chi connectivity index (χ0) is 32.4. The summed E-state index contributed by atoms with van der Waals surface area (Å²) in [6.45, 7) is 0. The Hall–Kier alpha value is -6.13. The fourth-order valence-corrected chi connectivity index (χ4v) is 5.05. The lowest BCUT2D eigenvalue weighted by Gasteiger charge is -2.18. The minimum atomic E-state index is -1.40. The number of nitro benzene ring substituents is 1. The molecule has 0 fully saturated rings. The molecule has 1 aliphatic rings. The quantitative estimate of drug-likeness (QED) is 0.0533. The summed E-state index contributed by atoms with van der Waals surface area (Å²) >= 11 is 5.95. The number of fused-ring (bicyclic) bond motifs is 1. The van der Waals surface area contributed by atoms with Gasteiger partial charge in [-0.3, -0.25) is 24.5 Å². The molecule has 1 atom stereocenters. The molecule has 11 heteroatoms. The van der Waals surface area contributed by atoms with Gasteiger partial charge in [0.15, 0.2) is 6.10 Å². The molecule has 0 aliphatic carbocycles. The number of ketones is 1. The second-order valence-electron chi connectivity index (χ2n) is 10.1. The molecule has 0 unspecified atom stereocenters. The van der Waals surface area contributed by atoms with E-state index in [0.29, 0.717) is 10.8 Å². The predicted molar refractivity (Wildman–Crippen MR) is 168 cm³/mol. The zero-order valence-electron chi connectivity index (χ0n) is 23.7. The van der Waals surface area contributed by atoms with Crippen LogP contribution in [0.5, 0.6) is 11.5 Å². The van der Waals surface area contributed by atoms with Gasteiger partial charge in [-0.1, -0.05) is 48.0 Å². The molecule has 0 saturated heterocycles. The fourth-order valence-electron chi connectivity index (χ4n) is 4.92. The number of nitro groups is 1. The number of nitrogens with zero attached hydrogens (tertiary/aromatic N) is 2. The molecule has 5 aromatic rings. The third kappa shape index (κ3) is 5.84. The number of carbonyl (C=O) groups is 4. The molecule has 0 aromatic heterocycles. The molecule has 1 heterocycles. The zero-order valence-corrected chi connectivity index (χ0v) is 24.4. The van der Waals surface area contributed by atoms with Crippen LogP contribution in [0.25, 0.3) is 0 Å². The van der Waals surface area contributed by atoms with E-state index in [1.54, 1.807) is 66.7 Å². The second-order valence-corrected chi connectivity index (χ2v) is 10.5. The van der Waals surface area contributed by atoms with E-state index in [4.69, 9.17) is 21.1 Å². The van der Waals surface area contributed by atoms with Crippen LogP contribution in [0.1, 0.15) is 53.1 Å². The number of hydrogen-bond donors (Lipinski definition) is 0. The second kappa shape index (κ2) is 12.5. The molecule has 0 saturated carbocycles. The number of anilines is 1. The Morgan fingerprint density at radius 3 is 2.07 bits per heavy atom. The highest BCUT2D eigenvalue weighted by Crippen LogP contribution is 2.36. The number of benzene rings is 5. The maximum Gasteiger partial charge on any atom is 0.339 e. The fraction of sp³-hybridized carbons (Fsp3) is 0.0286. The van der Waals surface area contributed by atoms with Crippen LogP contribution in [-0.2, 0) is 4.74 Å². The topological polar surface area (TPSA) is 133 Å². The highest BCUT2D eigenvalue weighted by Gasteiger charge is 2.39. The molecule has 10 nitrogen and oxygen atoms in total. The average molecular weight is 633 g/mol. The van der Waals surface area contributed by atoms with E-state index in [1.807, 2.05) is 0 Å². The average Bonchev–Trinajstić information content (AvgIpc) is 3.34. The van der Waals surface area contributed by atoms with Gasteiger partial charge in [-0.25, -0.2) is 9.69 Å². The van der Waals surface area contributed by atoms with Crippen LogP contribution >= 0.6 is 11.6 Å². The Morgan fingerprint density at radius 2 is 1.41 bits per heavy atom. The third-order valence-electron chi connectivity index (χ3n) is 7.21. The summed E-state index contributed by atoms with van der Waals surface area (Å²) < 4.78 is 11.5. The molecule has 0 spiro atoms. The van der Waals surface area contributed by atoms with Crippen molar-refractivity contribution in [1.82, 2.24) is 0 Å². The Morgan fingerprint density at radius 1 is 0.739 bits per heavy atom. The van der Waals surface area contributed by atoms with Gasteiger partial charge >= 0.3 is 5.97 Å². The van der Waals surface area contributed by atoms with Gasteiger partial charge in [0.2, 0.25) is 5.78 Å². The highest BCUT2D eigenvalue weighted by molar-refractivity contribution is 6.35. The van der Waals surface area contributed by atoms with Gasteiger partial charge in [-0.2, -0.15) is 0 Å². The number of carbonyl (C=O) groups excluding carboxylic acids is 4. The summed E-state index contributed by atoms with van der Waals surface area (Å²) in [4.78, 5) is 65.0. The first kappa shape index (κ1) is 29.9. The largest absolute Gasteiger partial charge is 0.457 e. The lowest BCUT2D eigenvalue weighted by molar-refractivity contribution is -0.384. The van der Waals surface area contributed by atoms with Crippen LogP contribution in [0, 0.1) is 10.1 Å². The van der Waals surface area contributed by atoms with Crippen molar-refractivity contribution < 1.29 is 33.6 Å². The number of imide groups is 1. The van der Waals surface area contributed by atoms with E-state index in [-0.39, 0.29) is 44.9 Å². The number of Topliss-reactive ketones (excluding diaryl/α,β-unsaturated/α-hetero) is 1. The van der Waals surface area contributed by atoms with E-state index < -0.39 is 34.6 Å². The summed E-state index contributed by atoms with van der Waals surface area (Å²) in [6, 6.07) is 30.2. The van der Waals surface area contributed by atoms with Crippen molar-refractivity contribution in [3.63, 3.8) is 0 Å². The third-order valence-corrected chi connectivity index (χ3v) is 7.46. The Balaban J connectivity index is 1.24. The predicted octanol–water partition coefficient (Wildman–Crippen LogP) is 7.62. The minimum Gasteiger partial charge on any atom is -0.457 e. The van der Waals surface area contributed by atoms with Crippen molar-refractivity contribution in [2.45, 2.75) is 6.10 Å². The van der Waals surface area contributed by atoms with E-state index >= 15 is 0 Å². The molecule has 5 aromatic carbocycles. The van der Waals surface area contributed by atoms with Crippen LogP contribution in [0.2, 0.25) is 5.02 Å². The van der Waals surface area contributed by atoms with E-state index in [9.17, 15) is 29.3 Å². The van der Waals surface area contributed by atoms with E-state index in [1.165, 1.54) is 54.6 Å². The number of rotatable bonds is 9. The molecule has 1 aliphatic heterocycles. The number of hydrogen-bond acceptors (Lipinski definition) is 8. The normalized spacial score (nSPS) is 12.8. The van der Waals surface area contributed by atoms with Crippen molar-refractivity contribution in [2.24, 2.45) is 0 Å². The molecule has 226 valence electrons. The number of ether oxygens (including phenoxy) is 2. The van der Waals surface area contributed by atoms with E-state index in [0.717, 1.165) is 4.90 Å². The van der Waals surface area contributed by atoms with Crippen LogP contribution in [0.3, 0.4) is 0 Å². The number of non-ortho nitro benzene ring substituents is 1. The maximum atomic E-state index is 13.5. The van der Waals surface area contributed by atoms with Gasteiger partial charge in [-0.05, 0) is 72.8 Å². The summed E-state index contributed by atoms with van der Waals surface area (Å²) in [7, 11) is 0. The van der Waals surface area contributed by atoms with Crippen LogP contribution in [0.4, 0.5) is 11.4 Å². The van der Waals surface area contributed by atoms with Crippen molar-refractivity contribution in [3.05, 3.63) is 164 Å². The van der Waals surface area contributed by atoms with Crippen molar-refractivity contribution in [1.29, 1.82) is 0 Å². The minimum absolute atomic E-state index is 0.0416. The smallest absolute Gasteiger partial charge is 0.339 e. The van der Waals surface area contributed by atoms with Crippen molar-refractivity contribution >= 4 is 46.5 Å². The van der Waals surface area contributed by atoms with Gasteiger partial charge in [0, 0.05) is 28.3 Å². The first-order chi connectivity index (χ1) is 22.2. The van der Waals surface area contributed by atoms with Gasteiger partial charge in [0.25, 0.3) is 17.5 Å². The van der Waals surface area contributed by atoms with Crippen LogP contribution in [-0.4, -0.2) is 28.5 Å². The van der Waals surface area contributed by atoms with Crippen molar-refractivity contribution in [3.8, 4) is 11.5 Å². The first-order valence-electron chi connectivity index (χ1n) is 13.8. The molecule has 46 heavy (non-hydrogen) atoms. The monoisotopic (exact) mass is 632 g/mol. The molecular formula is C35H21ClN2O8. The Labute approximate surface area is 266 Å². The molecule has 0 bridgehead atoms. The number of halogens is 1. The summed E-state index contributed by atoms with van der Waals surface area (Å²) in [5.74, 6) is -1.93. The van der Waals surface area contributed by atoms with Gasteiger partial charge in [0.1, 0.15) is 11.5 Å². The van der Waals surface area contributed by atoms with Crippen LogP contribution < -0.4 is 9.64 Å². The van der Waals surface area contributed by atoms with Crippen molar-refractivity contribution in [2.75, 3.05) is 4.90 Å².